The molecule has 2 amide bonds. The van der Waals surface area contributed by atoms with E-state index in [1.54, 1.807) is 53.2 Å². The second-order valence-corrected chi connectivity index (χ2v) is 11.0. The highest BCUT2D eigenvalue weighted by Crippen LogP contribution is 2.40. The van der Waals surface area contributed by atoms with Gasteiger partial charge < -0.3 is 10.2 Å². The van der Waals surface area contributed by atoms with Gasteiger partial charge in [0.05, 0.1) is 34.1 Å². The second-order valence-electron chi connectivity index (χ2n) is 11.0. The number of benzene rings is 2. The fraction of sp³-hybridized carbons (Fsp3) is 0.250. The normalized spacial score (nSPS) is 14.2. The largest absolute Gasteiger partial charge is 0.343 e. The maximum atomic E-state index is 15.7. The van der Waals surface area contributed by atoms with Gasteiger partial charge in [0.1, 0.15) is 12.4 Å². The summed E-state index contributed by atoms with van der Waals surface area (Å²) in [7, 11) is 1.83. The Morgan fingerprint density at radius 3 is 2.67 bits per heavy atom. The predicted octanol–water partition coefficient (Wildman–Crippen LogP) is 5.04. The van der Waals surface area contributed by atoms with Crippen LogP contribution >= 0.6 is 0 Å². The molecule has 0 atom stereocenters. The van der Waals surface area contributed by atoms with Gasteiger partial charge >= 0.3 is 0 Å². The third-order valence-corrected chi connectivity index (χ3v) is 8.37. The molecule has 0 bridgehead atoms. The summed E-state index contributed by atoms with van der Waals surface area (Å²) in [6, 6.07) is 12.5. The van der Waals surface area contributed by atoms with E-state index in [4.69, 9.17) is 5.10 Å². The third kappa shape index (κ3) is 4.76. The van der Waals surface area contributed by atoms with Crippen LogP contribution in [0.15, 0.2) is 67.3 Å². The van der Waals surface area contributed by atoms with E-state index in [0.29, 0.717) is 29.9 Å². The molecule has 6 aromatic rings. The molecule has 7 rings (SSSR count). The number of carbonyl (C=O) groups excluding carboxylic acids is 2. The van der Waals surface area contributed by atoms with Crippen molar-refractivity contribution < 1.29 is 14.0 Å². The number of aryl methyl sites for hydroxylation is 1. The van der Waals surface area contributed by atoms with E-state index in [1.807, 2.05) is 36.2 Å². The Balaban J connectivity index is 1.31. The average Bonchev–Trinajstić information content (AvgIpc) is 3.56. The highest BCUT2D eigenvalue weighted by Gasteiger charge is 2.28. The molecule has 1 N–H and O–H groups in total. The molecule has 11 heteroatoms. The lowest BCUT2D eigenvalue weighted by molar-refractivity contribution is -0.129. The number of amides is 2. The molecule has 1 fully saturated rings. The van der Waals surface area contributed by atoms with Gasteiger partial charge in [0.2, 0.25) is 11.8 Å². The lowest BCUT2D eigenvalue weighted by Crippen LogP contribution is -2.36. The molecule has 0 radical (unpaired) electrons. The minimum atomic E-state index is -0.353. The summed E-state index contributed by atoms with van der Waals surface area (Å²) in [5.41, 5.74) is 4.86. The Morgan fingerprint density at radius 1 is 1.02 bits per heavy atom. The zero-order valence-electron chi connectivity index (χ0n) is 23.8. The van der Waals surface area contributed by atoms with Crippen LogP contribution in [-0.2, 0) is 23.2 Å². The fourth-order valence-electron chi connectivity index (χ4n) is 6.16. The zero-order valence-corrected chi connectivity index (χ0v) is 23.8. The van der Waals surface area contributed by atoms with Gasteiger partial charge in [0.25, 0.3) is 0 Å². The Bertz CT molecular complexity index is 2040. The highest BCUT2D eigenvalue weighted by molar-refractivity contribution is 6.02. The van der Waals surface area contributed by atoms with E-state index in [2.05, 4.69) is 20.4 Å². The van der Waals surface area contributed by atoms with Crippen molar-refractivity contribution in [3.8, 4) is 11.1 Å². The Morgan fingerprint density at radius 2 is 1.86 bits per heavy atom. The summed E-state index contributed by atoms with van der Waals surface area (Å²) in [6.45, 7) is 2.78. The first kappa shape index (κ1) is 26.7. The number of hydrogen-bond acceptors (Lipinski definition) is 6. The first-order valence-electron chi connectivity index (χ1n) is 14.2. The molecule has 4 aromatic heterocycles. The molecule has 10 nitrogen and oxygen atoms in total. The number of hydrogen-bond donors (Lipinski definition) is 1. The molecular weight excluding hydrogens is 547 g/mol. The SMILES string of the molecule is CC(=O)N1CCC(c2nn(CC(=O)Nc3ccnc4ccncc34)c3cccc(-c4cc5c(cnn5C)cc4F)c23)CC1. The summed E-state index contributed by atoms with van der Waals surface area (Å²) < 4.78 is 19.1. The van der Waals surface area contributed by atoms with Crippen molar-refractivity contribution in [2.75, 3.05) is 18.4 Å². The molecule has 0 saturated carbocycles. The smallest absolute Gasteiger partial charge is 0.246 e. The number of carbonyl (C=O) groups is 2. The standard InChI is InChI=1S/C32H29FN8O2/c1-19(42)40-12-8-20(9-13-40)32-31-22(23-15-29-21(14-25(23)33)16-36-39(29)2)4-3-5-28(31)41(38-32)18-30(43)37-27-7-11-35-26-6-10-34-17-24(26)27/h3-7,10-11,14-17,20H,8-9,12-13,18H2,1-2H3,(H,35,37,43). The van der Waals surface area contributed by atoms with Crippen molar-refractivity contribution >= 4 is 50.2 Å². The van der Waals surface area contributed by atoms with Gasteiger partial charge in [-0.25, -0.2) is 4.39 Å². The predicted molar refractivity (Wildman–Crippen MR) is 162 cm³/mol. The van der Waals surface area contributed by atoms with Crippen molar-refractivity contribution in [1.29, 1.82) is 0 Å². The first-order valence-corrected chi connectivity index (χ1v) is 14.2. The molecule has 0 spiro atoms. The van der Waals surface area contributed by atoms with Gasteiger partial charge in [0.15, 0.2) is 0 Å². The van der Waals surface area contributed by atoms with Gasteiger partial charge in [-0.1, -0.05) is 12.1 Å². The average molecular weight is 577 g/mol. The van der Waals surface area contributed by atoms with E-state index in [9.17, 15) is 9.59 Å². The number of anilines is 1. The van der Waals surface area contributed by atoms with Crippen LogP contribution in [-0.4, -0.2) is 59.3 Å². The van der Waals surface area contributed by atoms with Gasteiger partial charge in [-0.05, 0) is 48.7 Å². The Kier molecular flexibility index (Phi) is 6.56. The first-order chi connectivity index (χ1) is 20.9. The summed E-state index contributed by atoms with van der Waals surface area (Å²) in [5, 5.41) is 14.6. The number of aromatic nitrogens is 6. The molecule has 0 unspecified atom stereocenters. The molecule has 0 aliphatic carbocycles. The Labute approximate surface area is 246 Å². The summed E-state index contributed by atoms with van der Waals surface area (Å²) in [5.74, 6) is -0.514. The van der Waals surface area contributed by atoms with Crippen molar-refractivity contribution in [1.82, 2.24) is 34.4 Å². The van der Waals surface area contributed by atoms with Crippen LogP contribution in [0.4, 0.5) is 10.1 Å². The number of nitrogens with zero attached hydrogens (tertiary/aromatic N) is 7. The lowest BCUT2D eigenvalue weighted by atomic mass is 9.89. The van der Waals surface area contributed by atoms with Crippen LogP contribution in [0.2, 0.25) is 0 Å². The number of piperidine rings is 1. The van der Waals surface area contributed by atoms with Crippen LogP contribution in [0.25, 0.3) is 43.8 Å². The van der Waals surface area contributed by atoms with Crippen molar-refractivity contribution in [2.24, 2.45) is 7.05 Å². The molecule has 5 heterocycles. The fourth-order valence-corrected chi connectivity index (χ4v) is 6.16. The second kappa shape index (κ2) is 10.6. The monoisotopic (exact) mass is 576 g/mol. The number of fused-ring (bicyclic) bond motifs is 3. The van der Waals surface area contributed by atoms with Crippen molar-refractivity contribution in [3.05, 3.63) is 78.8 Å². The van der Waals surface area contributed by atoms with Gasteiger partial charge in [-0.2, -0.15) is 10.2 Å². The maximum absolute atomic E-state index is 15.7. The van der Waals surface area contributed by atoms with E-state index >= 15 is 4.39 Å². The molecule has 2 aromatic carbocycles. The molecule has 216 valence electrons. The van der Waals surface area contributed by atoms with Crippen molar-refractivity contribution in [2.45, 2.75) is 32.2 Å². The lowest BCUT2D eigenvalue weighted by Gasteiger charge is -2.30. The number of nitrogens with one attached hydrogen (secondary N) is 1. The molecular formula is C32H29FN8O2. The molecule has 43 heavy (non-hydrogen) atoms. The maximum Gasteiger partial charge on any atom is 0.246 e. The van der Waals surface area contributed by atoms with Crippen LogP contribution in [0, 0.1) is 5.82 Å². The van der Waals surface area contributed by atoms with E-state index < -0.39 is 0 Å². The number of pyridine rings is 2. The van der Waals surface area contributed by atoms with E-state index in [1.165, 1.54) is 6.07 Å². The molecule has 1 aliphatic rings. The quantitative estimate of drug-likeness (QED) is 0.308. The number of halogens is 1. The van der Waals surface area contributed by atoms with Gasteiger partial charge in [0, 0.05) is 73.3 Å². The molecule has 1 aliphatic heterocycles. The number of likely N-dealkylation sites (tertiary alicyclic amines) is 1. The summed E-state index contributed by atoms with van der Waals surface area (Å²) in [6.07, 6.45) is 8.08. The topological polar surface area (TPSA) is 111 Å². The highest BCUT2D eigenvalue weighted by atomic mass is 19.1. The van der Waals surface area contributed by atoms with Crippen LogP contribution in [0.3, 0.4) is 0 Å². The van der Waals surface area contributed by atoms with Crippen LogP contribution < -0.4 is 5.32 Å². The van der Waals surface area contributed by atoms with Crippen molar-refractivity contribution in [3.63, 3.8) is 0 Å². The minimum absolute atomic E-state index is 0.0421. The van der Waals surface area contributed by atoms with Crippen LogP contribution in [0.5, 0.6) is 0 Å². The van der Waals surface area contributed by atoms with Gasteiger partial charge in [-0.3, -0.25) is 28.9 Å². The van der Waals surface area contributed by atoms with E-state index in [0.717, 1.165) is 51.2 Å². The Hall–Kier alpha value is -5.19. The minimum Gasteiger partial charge on any atom is -0.343 e. The number of rotatable bonds is 5. The zero-order chi connectivity index (χ0) is 29.7. The van der Waals surface area contributed by atoms with Gasteiger partial charge in [-0.15, -0.1) is 0 Å². The summed E-state index contributed by atoms with van der Waals surface area (Å²) in [4.78, 5) is 35.8. The van der Waals surface area contributed by atoms with E-state index in [-0.39, 0.29) is 30.1 Å². The van der Waals surface area contributed by atoms with Crippen LogP contribution in [0.1, 0.15) is 31.4 Å². The molecule has 1 saturated heterocycles. The summed E-state index contributed by atoms with van der Waals surface area (Å²) >= 11 is 0. The third-order valence-electron chi connectivity index (χ3n) is 8.37.